The summed E-state index contributed by atoms with van der Waals surface area (Å²) in [4.78, 5) is 9.34. The Kier molecular flexibility index (Phi) is 1.85. The Morgan fingerprint density at radius 1 is 1.55 bits per heavy atom. The maximum Gasteiger partial charge on any atom is 0.305 e. The molecule has 0 N–H and O–H groups in total. The zero-order chi connectivity index (χ0) is 8.43. The van der Waals surface area contributed by atoms with E-state index in [-0.39, 0.29) is 0 Å². The van der Waals surface area contributed by atoms with Crippen molar-refractivity contribution in [2.75, 3.05) is 0 Å². The van der Waals surface area contributed by atoms with Crippen LogP contribution >= 0.6 is 0 Å². The molecule has 1 aromatic carbocycles. The van der Waals surface area contributed by atoms with Crippen LogP contribution in [0.3, 0.4) is 0 Å². The fourth-order valence-corrected chi connectivity index (χ4v) is 0.698. The lowest BCUT2D eigenvalue weighted by molar-refractivity contribution is -0.387. The van der Waals surface area contributed by atoms with Gasteiger partial charge in [0, 0.05) is 6.07 Å². The minimum absolute atomic E-state index is 0.429. The van der Waals surface area contributed by atoms with E-state index < -0.39 is 16.4 Å². The molecular weight excluding hydrogens is 149 g/mol. The molecule has 0 spiro atoms. The Labute approximate surface area is 62.6 Å². The Morgan fingerprint density at radius 2 is 2.18 bits per heavy atom. The van der Waals surface area contributed by atoms with Gasteiger partial charge in [0.05, 0.1) is 4.92 Å². The summed E-state index contributed by atoms with van der Waals surface area (Å²) in [5.41, 5.74) is -0.101. The number of nitro groups is 1. The number of benzene rings is 1. The molecule has 0 amide bonds. The monoisotopic (exact) mass is 154 g/mol. The summed E-state index contributed by atoms with van der Waals surface area (Å²) in [6.45, 7) is 3.43. The zero-order valence-corrected chi connectivity index (χ0v) is 5.58. The average molecular weight is 154 g/mol. The molecule has 1 aromatic rings. The highest BCUT2D eigenvalue weighted by Crippen LogP contribution is 2.17. The molecule has 0 aliphatic rings. The molecule has 1 radical (unpaired) electrons. The SMILES string of the molecule is [CH2]c1ccc(F)c([N+](=O)[O-])c1. The topological polar surface area (TPSA) is 43.1 Å². The number of hydrogen-bond acceptors (Lipinski definition) is 2. The van der Waals surface area contributed by atoms with Crippen LogP contribution in [-0.4, -0.2) is 4.92 Å². The van der Waals surface area contributed by atoms with Crippen LogP contribution in [0.5, 0.6) is 0 Å². The van der Waals surface area contributed by atoms with Crippen molar-refractivity contribution < 1.29 is 9.31 Å². The van der Waals surface area contributed by atoms with Crippen molar-refractivity contribution in [1.29, 1.82) is 0 Å². The quantitative estimate of drug-likeness (QED) is 0.458. The van der Waals surface area contributed by atoms with Gasteiger partial charge in [-0.2, -0.15) is 4.39 Å². The lowest BCUT2D eigenvalue weighted by Crippen LogP contribution is -1.92. The van der Waals surface area contributed by atoms with E-state index in [1.165, 1.54) is 6.07 Å². The van der Waals surface area contributed by atoms with Gasteiger partial charge in [-0.3, -0.25) is 10.1 Å². The normalized spacial score (nSPS) is 9.64. The second kappa shape index (κ2) is 2.65. The van der Waals surface area contributed by atoms with Crippen LogP contribution < -0.4 is 0 Å². The van der Waals surface area contributed by atoms with Crippen LogP contribution in [0.2, 0.25) is 0 Å². The Balaban J connectivity index is 3.23. The Hall–Kier alpha value is -1.45. The molecule has 0 unspecified atom stereocenters. The third-order valence-corrected chi connectivity index (χ3v) is 1.21. The first-order valence-electron chi connectivity index (χ1n) is 2.87. The fraction of sp³-hybridized carbons (Fsp3) is 0. The number of halogens is 1. The summed E-state index contributed by atoms with van der Waals surface area (Å²) in [5, 5.41) is 10.1. The van der Waals surface area contributed by atoms with Crippen molar-refractivity contribution >= 4 is 5.69 Å². The molecule has 0 atom stereocenters. The van der Waals surface area contributed by atoms with Crippen molar-refractivity contribution in [3.05, 3.63) is 46.6 Å². The molecule has 0 aliphatic heterocycles. The van der Waals surface area contributed by atoms with Gasteiger partial charge in [0.1, 0.15) is 0 Å². The van der Waals surface area contributed by atoms with E-state index in [4.69, 9.17) is 0 Å². The third kappa shape index (κ3) is 1.52. The van der Waals surface area contributed by atoms with Crippen LogP contribution in [0.15, 0.2) is 18.2 Å². The maximum absolute atomic E-state index is 12.6. The number of nitro benzene ring substituents is 1. The lowest BCUT2D eigenvalue weighted by atomic mass is 10.2. The van der Waals surface area contributed by atoms with E-state index in [0.717, 1.165) is 12.1 Å². The highest BCUT2D eigenvalue weighted by molar-refractivity contribution is 5.37. The van der Waals surface area contributed by atoms with Gasteiger partial charge in [-0.05, 0) is 18.6 Å². The van der Waals surface area contributed by atoms with E-state index in [1.54, 1.807) is 0 Å². The van der Waals surface area contributed by atoms with Gasteiger partial charge in [0.15, 0.2) is 0 Å². The van der Waals surface area contributed by atoms with E-state index >= 15 is 0 Å². The highest BCUT2D eigenvalue weighted by atomic mass is 19.1. The van der Waals surface area contributed by atoms with Crippen LogP contribution in [0.1, 0.15) is 5.56 Å². The largest absolute Gasteiger partial charge is 0.305 e. The highest BCUT2D eigenvalue weighted by Gasteiger charge is 2.12. The smallest absolute Gasteiger partial charge is 0.258 e. The second-order valence-corrected chi connectivity index (χ2v) is 2.04. The van der Waals surface area contributed by atoms with Crippen molar-refractivity contribution in [2.45, 2.75) is 0 Å². The van der Waals surface area contributed by atoms with Gasteiger partial charge in [0.2, 0.25) is 5.82 Å². The van der Waals surface area contributed by atoms with Crippen LogP contribution in [0.4, 0.5) is 10.1 Å². The fourth-order valence-electron chi connectivity index (χ4n) is 0.698. The van der Waals surface area contributed by atoms with E-state index in [1.807, 2.05) is 0 Å². The maximum atomic E-state index is 12.6. The molecule has 0 bridgehead atoms. The summed E-state index contributed by atoms with van der Waals surface area (Å²) in [6.07, 6.45) is 0. The first-order valence-corrected chi connectivity index (χ1v) is 2.87. The molecule has 3 nitrogen and oxygen atoms in total. The summed E-state index contributed by atoms with van der Waals surface area (Å²) in [6, 6.07) is 3.50. The van der Waals surface area contributed by atoms with Crippen molar-refractivity contribution in [3.8, 4) is 0 Å². The summed E-state index contributed by atoms with van der Waals surface area (Å²) < 4.78 is 12.6. The lowest BCUT2D eigenvalue weighted by Gasteiger charge is -1.93. The van der Waals surface area contributed by atoms with Crippen molar-refractivity contribution in [3.63, 3.8) is 0 Å². The summed E-state index contributed by atoms with van der Waals surface area (Å²) in [5.74, 6) is -0.831. The minimum Gasteiger partial charge on any atom is -0.258 e. The molecular formula is C7H5FNO2. The first kappa shape index (κ1) is 7.65. The predicted molar refractivity (Wildman–Crippen MR) is 37.5 cm³/mol. The molecule has 4 heteroatoms. The standard InChI is InChI=1S/C7H5FNO2/c1-5-2-3-6(8)7(4-5)9(10)11/h2-4H,1H2. The van der Waals surface area contributed by atoms with Crippen molar-refractivity contribution in [2.24, 2.45) is 0 Å². The molecule has 0 heterocycles. The van der Waals surface area contributed by atoms with E-state index in [9.17, 15) is 14.5 Å². The van der Waals surface area contributed by atoms with Gasteiger partial charge in [-0.15, -0.1) is 0 Å². The van der Waals surface area contributed by atoms with Gasteiger partial charge < -0.3 is 0 Å². The molecule has 0 saturated heterocycles. The molecule has 0 aliphatic carbocycles. The van der Waals surface area contributed by atoms with Crippen LogP contribution in [0, 0.1) is 22.9 Å². The summed E-state index contributed by atoms with van der Waals surface area (Å²) in [7, 11) is 0. The molecule has 0 saturated carbocycles. The van der Waals surface area contributed by atoms with Crippen LogP contribution in [-0.2, 0) is 0 Å². The number of nitrogens with zero attached hydrogens (tertiary/aromatic N) is 1. The molecule has 57 valence electrons. The second-order valence-electron chi connectivity index (χ2n) is 2.04. The van der Waals surface area contributed by atoms with E-state index in [2.05, 4.69) is 6.92 Å². The number of rotatable bonds is 1. The first-order chi connectivity index (χ1) is 5.11. The number of hydrogen-bond donors (Lipinski definition) is 0. The summed E-state index contributed by atoms with van der Waals surface area (Å²) >= 11 is 0. The molecule has 0 aromatic heterocycles. The Bertz CT molecular complexity index is 298. The predicted octanol–water partition coefficient (Wildman–Crippen LogP) is 1.92. The molecule has 0 fully saturated rings. The van der Waals surface area contributed by atoms with Crippen molar-refractivity contribution in [1.82, 2.24) is 0 Å². The van der Waals surface area contributed by atoms with Gasteiger partial charge in [-0.25, -0.2) is 0 Å². The molecule has 11 heavy (non-hydrogen) atoms. The average Bonchev–Trinajstić information content (AvgIpc) is 1.94. The minimum atomic E-state index is -0.831. The van der Waals surface area contributed by atoms with E-state index in [0.29, 0.717) is 5.56 Å². The van der Waals surface area contributed by atoms with Gasteiger partial charge >= 0.3 is 5.69 Å². The van der Waals surface area contributed by atoms with Crippen LogP contribution in [0.25, 0.3) is 0 Å². The molecule has 1 rings (SSSR count). The van der Waals surface area contributed by atoms with Gasteiger partial charge in [-0.1, -0.05) is 6.07 Å². The van der Waals surface area contributed by atoms with Gasteiger partial charge in [0.25, 0.3) is 0 Å². The zero-order valence-electron chi connectivity index (χ0n) is 5.58. The Morgan fingerprint density at radius 3 is 2.64 bits per heavy atom. The third-order valence-electron chi connectivity index (χ3n) is 1.21.